The molecule has 0 aliphatic heterocycles. The van der Waals surface area contributed by atoms with Gasteiger partial charge in [0.15, 0.2) is 22.5 Å². The minimum absolute atomic E-state index is 0. The summed E-state index contributed by atoms with van der Waals surface area (Å²) in [6, 6.07) is 12.9. The molecule has 252 valence electrons. The Kier molecular flexibility index (Phi) is 16.1. The molecule has 1 atom stereocenters. The average molecular weight is 743 g/mol. The Morgan fingerprint density at radius 3 is 2.30 bits per heavy atom. The fourth-order valence-electron chi connectivity index (χ4n) is 4.77. The molecule has 3 rings (SSSR count). The molecule has 15 heteroatoms. The summed E-state index contributed by atoms with van der Waals surface area (Å²) in [5, 5.41) is 8.94. The number of nitrogens with one attached hydrogen (secondary N) is 3. The van der Waals surface area contributed by atoms with Gasteiger partial charge in [-0.1, -0.05) is 35.3 Å². The van der Waals surface area contributed by atoms with E-state index in [1.165, 1.54) is 5.56 Å². The average Bonchev–Trinajstić information content (AvgIpc) is 3.00. The van der Waals surface area contributed by atoms with Gasteiger partial charge in [-0.15, -0.1) is 0 Å². The van der Waals surface area contributed by atoms with Gasteiger partial charge in [-0.3, -0.25) is 4.79 Å². The molecule has 1 aromatic heterocycles. The monoisotopic (exact) mass is 740 g/mol. The zero-order valence-corrected chi connectivity index (χ0v) is 29.5. The Balaban J connectivity index is 0.00000736. The number of aromatic nitrogens is 2. The van der Waals surface area contributed by atoms with E-state index in [9.17, 15) is 9.59 Å². The van der Waals surface area contributed by atoms with Crippen molar-refractivity contribution in [1.82, 2.24) is 20.6 Å². The van der Waals surface area contributed by atoms with Crippen LogP contribution in [0, 0.1) is 0 Å². The van der Waals surface area contributed by atoms with Crippen LogP contribution in [0.3, 0.4) is 0 Å². The van der Waals surface area contributed by atoms with Crippen molar-refractivity contribution in [2.45, 2.75) is 32.6 Å². The van der Waals surface area contributed by atoms with Gasteiger partial charge in [-0.25, -0.2) is 14.8 Å². The molecular weight excluding hydrogens is 699 g/mol. The molecule has 7 N–H and O–H groups in total. The van der Waals surface area contributed by atoms with E-state index in [1.54, 1.807) is 25.3 Å². The molecule has 0 radical (unpaired) electrons. The number of unbranched alkanes of at least 4 members (excludes halogenated alkanes) is 1. The molecule has 0 aliphatic rings. The standard InChI is InChI=1S/C31H42Cl2N8O4.BrH/c1-4-45-25-14-11-22(20-24(25)32)38-31(43)37-15-5-6-17-41(2,18-7-8-21-9-12-23(44-3)13-10-21)19-16-36-30(42)26-28(34)40-29(35)27(33)39-26;/h9-14,20H,4-8,15-19H2,1-3H3,(H6-,34,35,36,37,38,40,42,43);1H. The largest absolute Gasteiger partial charge is 1.00 e. The van der Waals surface area contributed by atoms with Crippen LogP contribution in [0.1, 0.15) is 42.2 Å². The van der Waals surface area contributed by atoms with Crippen LogP contribution in [0.2, 0.25) is 10.2 Å². The molecule has 3 aromatic rings. The summed E-state index contributed by atoms with van der Waals surface area (Å²) in [6.07, 6.45) is 3.52. The number of aryl methyl sites for hydroxylation is 1. The molecule has 0 spiro atoms. The SMILES string of the molecule is CCOc1ccc(NC(=O)NCCCC[N+](C)(CCCc2ccc(OC)cc2)CCNC(=O)c2nc(Cl)c(N)nc2N)cc1Cl.[Br-]. The van der Waals surface area contributed by atoms with Gasteiger partial charge in [0.05, 0.1) is 52.0 Å². The Morgan fingerprint density at radius 2 is 1.63 bits per heavy atom. The molecule has 0 fully saturated rings. The first-order valence-corrected chi connectivity index (χ1v) is 15.6. The first kappa shape index (κ1) is 38.7. The smallest absolute Gasteiger partial charge is 0.319 e. The lowest BCUT2D eigenvalue weighted by Crippen LogP contribution is -3.00. The number of carbonyl (C=O) groups is 2. The summed E-state index contributed by atoms with van der Waals surface area (Å²) < 4.78 is 11.4. The predicted molar refractivity (Wildman–Crippen MR) is 179 cm³/mol. The van der Waals surface area contributed by atoms with Gasteiger partial charge in [0, 0.05) is 18.7 Å². The summed E-state index contributed by atoms with van der Waals surface area (Å²) >= 11 is 12.2. The molecule has 0 saturated heterocycles. The summed E-state index contributed by atoms with van der Waals surface area (Å²) in [5.41, 5.74) is 13.2. The number of quaternary nitrogens is 1. The Bertz CT molecular complexity index is 1430. The number of rotatable bonds is 17. The van der Waals surface area contributed by atoms with Crippen LogP contribution in [0.15, 0.2) is 42.5 Å². The van der Waals surface area contributed by atoms with Crippen molar-refractivity contribution in [2.75, 3.05) is 70.3 Å². The molecule has 12 nitrogen and oxygen atoms in total. The maximum Gasteiger partial charge on any atom is 0.319 e. The number of ether oxygens (including phenoxy) is 2. The third-order valence-electron chi connectivity index (χ3n) is 7.28. The molecular formula is C31H43BrCl2N8O4. The van der Waals surface area contributed by atoms with Gasteiger partial charge in [0.1, 0.15) is 11.5 Å². The van der Waals surface area contributed by atoms with Crippen LogP contribution < -0.4 is 53.9 Å². The van der Waals surface area contributed by atoms with Crippen molar-refractivity contribution >= 4 is 52.5 Å². The quantitative estimate of drug-likeness (QED) is 0.103. The third kappa shape index (κ3) is 12.3. The van der Waals surface area contributed by atoms with Crippen molar-refractivity contribution in [1.29, 1.82) is 0 Å². The second-order valence-corrected chi connectivity index (χ2v) is 11.6. The number of hydrogen-bond donors (Lipinski definition) is 5. The second-order valence-electron chi connectivity index (χ2n) is 10.8. The fraction of sp³-hybridized carbons (Fsp3) is 0.419. The Labute approximate surface area is 290 Å². The molecule has 1 unspecified atom stereocenters. The normalized spacial score (nSPS) is 11.9. The van der Waals surface area contributed by atoms with Crippen molar-refractivity contribution in [3.8, 4) is 11.5 Å². The summed E-state index contributed by atoms with van der Waals surface area (Å²) in [7, 11) is 3.82. The summed E-state index contributed by atoms with van der Waals surface area (Å²) in [5.74, 6) is 0.832. The summed E-state index contributed by atoms with van der Waals surface area (Å²) in [4.78, 5) is 33.0. The maximum absolute atomic E-state index is 12.8. The van der Waals surface area contributed by atoms with Gasteiger partial charge in [0.25, 0.3) is 5.91 Å². The number of nitrogens with two attached hydrogens (primary N) is 2. The third-order valence-corrected chi connectivity index (χ3v) is 7.85. The van der Waals surface area contributed by atoms with E-state index in [1.807, 2.05) is 19.1 Å². The highest BCUT2D eigenvalue weighted by atomic mass is 79.9. The highest BCUT2D eigenvalue weighted by molar-refractivity contribution is 6.32. The lowest BCUT2D eigenvalue weighted by molar-refractivity contribution is -0.908. The second kappa shape index (κ2) is 19.2. The molecule has 3 amide bonds. The number of amides is 3. The number of nitrogens with zero attached hydrogens (tertiary/aromatic N) is 3. The van der Waals surface area contributed by atoms with Gasteiger partial charge < -0.3 is 58.4 Å². The van der Waals surface area contributed by atoms with Gasteiger partial charge in [0.2, 0.25) is 0 Å². The highest BCUT2D eigenvalue weighted by Gasteiger charge is 2.22. The minimum atomic E-state index is -0.462. The van der Waals surface area contributed by atoms with Crippen LogP contribution in [0.5, 0.6) is 11.5 Å². The number of anilines is 3. The molecule has 0 bridgehead atoms. The first-order chi connectivity index (χ1) is 21.5. The Hall–Kier alpha value is -3.52. The van der Waals surface area contributed by atoms with E-state index in [0.29, 0.717) is 42.7 Å². The van der Waals surface area contributed by atoms with Crippen LogP contribution in [-0.4, -0.2) is 79.9 Å². The molecule has 0 saturated carbocycles. The number of hydrogen-bond acceptors (Lipinski definition) is 8. The van der Waals surface area contributed by atoms with Crippen LogP contribution in [-0.2, 0) is 6.42 Å². The fourth-order valence-corrected chi connectivity index (χ4v) is 5.13. The minimum Gasteiger partial charge on any atom is -1.00 e. The molecule has 46 heavy (non-hydrogen) atoms. The van der Waals surface area contributed by atoms with E-state index in [2.05, 4.69) is 45.1 Å². The van der Waals surface area contributed by atoms with Crippen LogP contribution in [0.4, 0.5) is 22.1 Å². The number of carbonyl (C=O) groups excluding carboxylic acids is 2. The molecule has 2 aromatic carbocycles. The molecule has 0 aliphatic carbocycles. The van der Waals surface area contributed by atoms with Crippen LogP contribution in [0.25, 0.3) is 0 Å². The molecule has 1 heterocycles. The van der Waals surface area contributed by atoms with Gasteiger partial charge in [-0.05, 0) is 62.1 Å². The predicted octanol–water partition coefficient (Wildman–Crippen LogP) is 1.77. The van der Waals surface area contributed by atoms with E-state index >= 15 is 0 Å². The zero-order chi connectivity index (χ0) is 32.8. The zero-order valence-electron chi connectivity index (χ0n) is 26.4. The van der Waals surface area contributed by atoms with E-state index in [4.69, 9.17) is 44.1 Å². The van der Waals surface area contributed by atoms with Gasteiger partial charge in [-0.2, -0.15) is 0 Å². The first-order valence-electron chi connectivity index (χ1n) is 14.8. The lowest BCUT2D eigenvalue weighted by atomic mass is 10.1. The topological polar surface area (TPSA) is 167 Å². The van der Waals surface area contributed by atoms with Crippen molar-refractivity contribution in [2.24, 2.45) is 0 Å². The van der Waals surface area contributed by atoms with Crippen molar-refractivity contribution < 1.29 is 40.5 Å². The lowest BCUT2D eigenvalue weighted by Gasteiger charge is -2.35. The van der Waals surface area contributed by atoms with Crippen molar-refractivity contribution in [3.63, 3.8) is 0 Å². The van der Waals surface area contributed by atoms with Crippen LogP contribution >= 0.6 is 23.2 Å². The maximum atomic E-state index is 12.8. The summed E-state index contributed by atoms with van der Waals surface area (Å²) in [6.45, 7) is 5.71. The van der Waals surface area contributed by atoms with E-state index in [0.717, 1.165) is 49.0 Å². The van der Waals surface area contributed by atoms with E-state index < -0.39 is 5.91 Å². The highest BCUT2D eigenvalue weighted by Crippen LogP contribution is 2.27. The number of urea groups is 1. The number of halogens is 3. The van der Waals surface area contributed by atoms with Crippen molar-refractivity contribution in [3.05, 3.63) is 63.9 Å². The Morgan fingerprint density at radius 1 is 0.913 bits per heavy atom. The number of methoxy groups -OCH3 is 1. The number of benzene rings is 2. The number of nitrogen functional groups attached to an aromatic ring is 2. The number of likely N-dealkylation sites (N-methyl/N-ethyl adjacent to an activating group) is 1. The van der Waals surface area contributed by atoms with E-state index in [-0.39, 0.29) is 45.5 Å². The van der Waals surface area contributed by atoms with Gasteiger partial charge >= 0.3 is 6.03 Å².